The Kier molecular flexibility index (Phi) is 6.35. The van der Waals surface area contributed by atoms with E-state index in [0.717, 1.165) is 10.6 Å². The van der Waals surface area contributed by atoms with E-state index in [-0.39, 0.29) is 11.0 Å². The molecule has 0 bridgehead atoms. The Balaban J connectivity index is 2.57. The van der Waals surface area contributed by atoms with Crippen LogP contribution in [0.15, 0.2) is 27.7 Å². The molecule has 1 aromatic heterocycles. The van der Waals surface area contributed by atoms with Crippen LogP contribution in [0.5, 0.6) is 0 Å². The molecule has 0 unspecified atom stereocenters. The number of hydrogen-bond donors (Lipinski definition) is 0. The van der Waals surface area contributed by atoms with Gasteiger partial charge >= 0.3 is 0 Å². The second kappa shape index (κ2) is 7.93. The predicted molar refractivity (Wildman–Crippen MR) is 102 cm³/mol. The van der Waals surface area contributed by atoms with Crippen LogP contribution in [0.1, 0.15) is 41.7 Å². The van der Waals surface area contributed by atoms with Gasteiger partial charge in [0.25, 0.3) is 5.91 Å². The number of nitrogens with zero attached hydrogens (tertiary/aromatic N) is 2. The van der Waals surface area contributed by atoms with Gasteiger partial charge in [-0.25, -0.2) is 4.39 Å². The summed E-state index contributed by atoms with van der Waals surface area (Å²) in [6.45, 7) is 9.45. The van der Waals surface area contributed by atoms with Gasteiger partial charge in [0.2, 0.25) is 0 Å². The molecule has 1 amide bonds. The van der Waals surface area contributed by atoms with Gasteiger partial charge in [0.1, 0.15) is 5.82 Å². The normalized spacial score (nSPS) is 12.7. The minimum Gasteiger partial charge on any atom is -0.383 e. The van der Waals surface area contributed by atoms with Crippen LogP contribution < -0.4 is 4.80 Å². The van der Waals surface area contributed by atoms with Gasteiger partial charge in [-0.3, -0.25) is 4.79 Å². The first-order valence-electron chi connectivity index (χ1n) is 7.89. The summed E-state index contributed by atoms with van der Waals surface area (Å²) in [4.78, 5) is 18.4. The Bertz CT molecular complexity index is 850. The topological polar surface area (TPSA) is 43.6 Å². The lowest BCUT2D eigenvalue weighted by Gasteiger charge is -2.17. The van der Waals surface area contributed by atoms with Crippen molar-refractivity contribution in [2.45, 2.75) is 39.7 Å². The van der Waals surface area contributed by atoms with Crippen molar-refractivity contribution in [1.82, 2.24) is 4.57 Å². The van der Waals surface area contributed by atoms with E-state index in [1.54, 1.807) is 13.2 Å². The van der Waals surface area contributed by atoms with Crippen LogP contribution in [0.3, 0.4) is 0 Å². The van der Waals surface area contributed by atoms with E-state index in [2.05, 4.69) is 41.7 Å². The van der Waals surface area contributed by atoms with Gasteiger partial charge in [-0.05, 0) is 30.5 Å². The molecule has 25 heavy (non-hydrogen) atoms. The fourth-order valence-corrected chi connectivity index (χ4v) is 4.09. The van der Waals surface area contributed by atoms with Crippen molar-refractivity contribution in [3.8, 4) is 0 Å². The zero-order chi connectivity index (χ0) is 18.8. The average molecular weight is 429 g/mol. The highest BCUT2D eigenvalue weighted by atomic mass is 79.9. The van der Waals surface area contributed by atoms with Crippen molar-refractivity contribution in [1.29, 1.82) is 0 Å². The third-order valence-corrected chi connectivity index (χ3v) is 5.81. The van der Waals surface area contributed by atoms with E-state index < -0.39 is 11.7 Å². The average Bonchev–Trinajstić information content (AvgIpc) is 2.83. The highest BCUT2D eigenvalue weighted by Crippen LogP contribution is 2.28. The molecule has 0 saturated heterocycles. The van der Waals surface area contributed by atoms with Crippen molar-refractivity contribution in [2.75, 3.05) is 13.7 Å². The Hall–Kier alpha value is -1.31. The Labute approximate surface area is 159 Å². The number of thiazole rings is 1. The Morgan fingerprint density at radius 1 is 1.40 bits per heavy atom. The lowest BCUT2D eigenvalue weighted by atomic mass is 9.93. The van der Waals surface area contributed by atoms with Crippen LogP contribution in [-0.4, -0.2) is 24.2 Å². The fourth-order valence-electron chi connectivity index (χ4n) is 2.52. The minimum atomic E-state index is -0.591. The molecule has 0 radical (unpaired) electrons. The molecule has 2 aromatic rings. The van der Waals surface area contributed by atoms with Gasteiger partial charge in [0, 0.05) is 28.7 Å². The monoisotopic (exact) mass is 428 g/mol. The standard InChI is InChI=1S/C18H22BrFN2O2S/c1-11-15(18(2,3)4)25-17(22(11)8-9-24-5)21-16(23)13-10-12(19)6-7-14(13)20/h6-7,10H,8-9H2,1-5H3/b21-17-. The molecular formula is C18H22BrFN2O2S. The van der Waals surface area contributed by atoms with Gasteiger partial charge in [-0.15, -0.1) is 11.3 Å². The number of methoxy groups -OCH3 is 1. The number of benzene rings is 1. The molecule has 0 aliphatic rings. The zero-order valence-electron chi connectivity index (χ0n) is 15.0. The maximum atomic E-state index is 14.0. The third-order valence-electron chi connectivity index (χ3n) is 3.71. The molecule has 0 aliphatic heterocycles. The lowest BCUT2D eigenvalue weighted by molar-refractivity contribution is 0.0993. The molecule has 0 saturated carbocycles. The van der Waals surface area contributed by atoms with Crippen LogP contribution >= 0.6 is 27.3 Å². The van der Waals surface area contributed by atoms with Crippen molar-refractivity contribution in [3.05, 3.63) is 49.4 Å². The van der Waals surface area contributed by atoms with Gasteiger partial charge in [0.15, 0.2) is 4.80 Å². The van der Waals surface area contributed by atoms with Crippen molar-refractivity contribution >= 4 is 33.2 Å². The van der Waals surface area contributed by atoms with Crippen molar-refractivity contribution in [3.63, 3.8) is 0 Å². The molecule has 0 spiro atoms. The number of ether oxygens (including phenoxy) is 1. The van der Waals surface area contributed by atoms with Gasteiger partial charge in [-0.1, -0.05) is 36.7 Å². The number of hydrogen-bond acceptors (Lipinski definition) is 3. The molecule has 0 aliphatic carbocycles. The van der Waals surface area contributed by atoms with Crippen molar-refractivity contribution < 1.29 is 13.9 Å². The summed E-state index contributed by atoms with van der Waals surface area (Å²) in [7, 11) is 1.63. The van der Waals surface area contributed by atoms with Gasteiger partial charge in [-0.2, -0.15) is 4.99 Å². The number of amides is 1. The maximum absolute atomic E-state index is 14.0. The molecule has 136 valence electrons. The van der Waals surface area contributed by atoms with Gasteiger partial charge < -0.3 is 9.30 Å². The molecule has 7 heteroatoms. The number of carbonyl (C=O) groups excluding carboxylic acids is 1. The smallest absolute Gasteiger partial charge is 0.282 e. The summed E-state index contributed by atoms with van der Waals surface area (Å²) in [6.07, 6.45) is 0. The number of aromatic nitrogens is 1. The highest BCUT2D eigenvalue weighted by molar-refractivity contribution is 9.10. The first-order valence-corrected chi connectivity index (χ1v) is 9.50. The van der Waals surface area contributed by atoms with Gasteiger partial charge in [0.05, 0.1) is 12.2 Å². The van der Waals surface area contributed by atoms with Crippen LogP contribution in [0.4, 0.5) is 4.39 Å². The van der Waals surface area contributed by atoms with E-state index in [9.17, 15) is 9.18 Å². The lowest BCUT2D eigenvalue weighted by Crippen LogP contribution is -2.21. The molecule has 0 N–H and O–H groups in total. The van der Waals surface area contributed by atoms with Crippen LogP contribution in [0, 0.1) is 12.7 Å². The minimum absolute atomic E-state index is 0.0453. The fraction of sp³-hybridized carbons (Fsp3) is 0.444. The summed E-state index contributed by atoms with van der Waals surface area (Å²) >= 11 is 4.72. The first-order chi connectivity index (χ1) is 11.6. The molecule has 2 rings (SSSR count). The Morgan fingerprint density at radius 3 is 2.68 bits per heavy atom. The summed E-state index contributed by atoms with van der Waals surface area (Å²) < 4.78 is 21.7. The van der Waals surface area contributed by atoms with Crippen LogP contribution in [0.25, 0.3) is 0 Å². The molecule has 0 atom stereocenters. The number of rotatable bonds is 4. The first kappa shape index (κ1) is 20.0. The molecule has 4 nitrogen and oxygen atoms in total. The van der Waals surface area contributed by atoms with E-state index >= 15 is 0 Å². The predicted octanol–water partition coefficient (Wildman–Crippen LogP) is 4.44. The second-order valence-corrected chi connectivity index (χ2v) is 8.63. The summed E-state index contributed by atoms with van der Waals surface area (Å²) in [6, 6.07) is 4.26. The van der Waals surface area contributed by atoms with Crippen molar-refractivity contribution in [2.24, 2.45) is 4.99 Å². The van der Waals surface area contributed by atoms with E-state index in [1.807, 2.05) is 11.5 Å². The summed E-state index contributed by atoms with van der Waals surface area (Å²) in [5, 5.41) is 0. The summed E-state index contributed by atoms with van der Waals surface area (Å²) in [5.74, 6) is -1.17. The SMILES string of the molecule is COCCn1c(C)c(C(C)(C)C)s/c1=N\C(=O)c1cc(Br)ccc1F. The largest absolute Gasteiger partial charge is 0.383 e. The third kappa shape index (κ3) is 4.65. The molecular weight excluding hydrogens is 407 g/mol. The maximum Gasteiger partial charge on any atom is 0.282 e. The molecule has 1 aromatic carbocycles. The van der Waals surface area contributed by atoms with E-state index in [0.29, 0.717) is 22.4 Å². The number of halogens is 2. The molecule has 0 fully saturated rings. The quantitative estimate of drug-likeness (QED) is 0.721. The zero-order valence-corrected chi connectivity index (χ0v) is 17.4. The number of carbonyl (C=O) groups is 1. The van der Waals surface area contributed by atoms with E-state index in [4.69, 9.17) is 4.74 Å². The van der Waals surface area contributed by atoms with Crippen LogP contribution in [0.2, 0.25) is 0 Å². The Morgan fingerprint density at radius 2 is 2.08 bits per heavy atom. The van der Waals surface area contributed by atoms with Crippen LogP contribution in [-0.2, 0) is 16.7 Å². The summed E-state index contributed by atoms with van der Waals surface area (Å²) in [5.41, 5.74) is 0.938. The second-order valence-electron chi connectivity index (χ2n) is 6.73. The highest BCUT2D eigenvalue weighted by Gasteiger charge is 2.22. The van der Waals surface area contributed by atoms with E-state index in [1.165, 1.54) is 23.5 Å². The molecule has 1 heterocycles.